The second-order valence-corrected chi connectivity index (χ2v) is 10.4. The zero-order chi connectivity index (χ0) is 15.7. The maximum Gasteiger partial charge on any atom is 0.231 e. The molecule has 0 atom stereocenters. The molecule has 0 aliphatic rings. The van der Waals surface area contributed by atoms with Crippen LogP contribution in [0.3, 0.4) is 0 Å². The van der Waals surface area contributed by atoms with Gasteiger partial charge in [0.25, 0.3) is 0 Å². The van der Waals surface area contributed by atoms with Crippen LogP contribution < -0.4 is 0 Å². The molecule has 22 heavy (non-hydrogen) atoms. The number of thiazole rings is 1. The van der Waals surface area contributed by atoms with Crippen LogP contribution in [-0.4, -0.2) is 13.0 Å². The number of aromatic nitrogens is 1. The van der Waals surface area contributed by atoms with E-state index in [2.05, 4.69) is 0 Å². The van der Waals surface area contributed by atoms with E-state index in [4.69, 9.17) is 23.8 Å². The van der Waals surface area contributed by atoms with Crippen LogP contribution in [0, 0.1) is 3.95 Å². The van der Waals surface area contributed by atoms with E-state index >= 15 is 0 Å². The molecule has 0 saturated carbocycles. The smallest absolute Gasteiger partial charge is 0.231 e. The van der Waals surface area contributed by atoms with Crippen LogP contribution in [0.15, 0.2) is 53.4 Å². The Labute approximate surface area is 145 Å². The topological polar surface area (TPSA) is 39.1 Å². The summed E-state index contributed by atoms with van der Waals surface area (Å²) in [7, 11) is -2.59. The highest BCUT2D eigenvalue weighted by Crippen LogP contribution is 2.29. The van der Waals surface area contributed by atoms with Crippen molar-refractivity contribution < 1.29 is 8.42 Å². The number of halogens is 1. The minimum absolute atomic E-state index is 0.243. The van der Waals surface area contributed by atoms with Gasteiger partial charge in [-0.3, -0.25) is 0 Å². The van der Waals surface area contributed by atoms with E-state index in [-0.39, 0.29) is 10.8 Å². The predicted molar refractivity (Wildman–Crippen MR) is 96.9 cm³/mol. The van der Waals surface area contributed by atoms with Crippen LogP contribution >= 0.6 is 45.9 Å². The van der Waals surface area contributed by atoms with Crippen LogP contribution in [-0.2, 0) is 14.7 Å². The van der Waals surface area contributed by atoms with Gasteiger partial charge < -0.3 is 4.57 Å². The Morgan fingerprint density at radius 3 is 2.55 bits per heavy atom. The summed E-state index contributed by atoms with van der Waals surface area (Å²) in [5.41, 5.74) is 0.955. The normalized spacial score (nSPS) is 11.9. The van der Waals surface area contributed by atoms with E-state index in [1.807, 2.05) is 28.8 Å². The molecular formula is C14H10ClNO2S4. The summed E-state index contributed by atoms with van der Waals surface area (Å²) in [6.07, 6.45) is 0. The molecule has 1 heterocycles. The molecule has 0 aliphatic heterocycles. The van der Waals surface area contributed by atoms with Crippen LogP contribution in [0.5, 0.6) is 0 Å². The minimum Gasteiger partial charge on any atom is -0.312 e. The van der Waals surface area contributed by atoms with Crippen LogP contribution in [0.25, 0.3) is 10.2 Å². The van der Waals surface area contributed by atoms with E-state index in [1.54, 1.807) is 12.1 Å². The molecule has 0 unspecified atom stereocenters. The lowest BCUT2D eigenvalue weighted by molar-refractivity contribution is 0.610. The van der Waals surface area contributed by atoms with Gasteiger partial charge in [0.05, 0.1) is 21.0 Å². The Morgan fingerprint density at radius 1 is 1.14 bits per heavy atom. The molecule has 2 aromatic carbocycles. The lowest BCUT2D eigenvalue weighted by Gasteiger charge is -2.06. The maximum atomic E-state index is 12.4. The zero-order valence-corrected chi connectivity index (χ0v) is 15.1. The molecule has 3 nitrogen and oxygen atoms in total. The summed E-state index contributed by atoms with van der Waals surface area (Å²) in [6, 6.07) is 13.9. The summed E-state index contributed by atoms with van der Waals surface area (Å²) in [5.74, 6) is 0.258. The number of benzene rings is 2. The fourth-order valence-corrected chi connectivity index (χ4v) is 6.13. The third-order valence-electron chi connectivity index (χ3n) is 3.01. The summed E-state index contributed by atoms with van der Waals surface area (Å²) < 4.78 is 28.3. The van der Waals surface area contributed by atoms with Crippen LogP contribution in [0.2, 0.25) is 5.02 Å². The number of para-hydroxylation sites is 1. The molecule has 0 N–H and O–H groups in total. The minimum atomic E-state index is -3.44. The molecule has 0 bridgehead atoms. The number of rotatable bonds is 4. The van der Waals surface area contributed by atoms with E-state index in [0.717, 1.165) is 21.0 Å². The second-order valence-electron chi connectivity index (χ2n) is 4.42. The van der Waals surface area contributed by atoms with E-state index in [0.29, 0.717) is 8.98 Å². The lowest BCUT2D eigenvalue weighted by Crippen LogP contribution is -2.00. The molecule has 3 aromatic rings. The summed E-state index contributed by atoms with van der Waals surface area (Å²) in [4.78, 5) is 0.243. The molecule has 0 fully saturated rings. The molecule has 0 saturated heterocycles. The van der Waals surface area contributed by atoms with Gasteiger partial charge in [0.15, 0.2) is 3.95 Å². The van der Waals surface area contributed by atoms with Gasteiger partial charge in [-0.2, -0.15) is 0 Å². The highest BCUT2D eigenvalue weighted by atomic mass is 35.5. The second kappa shape index (κ2) is 6.33. The van der Waals surface area contributed by atoms with Crippen molar-refractivity contribution in [1.82, 2.24) is 4.57 Å². The van der Waals surface area contributed by atoms with E-state index in [1.165, 1.54) is 23.5 Å². The standard InChI is InChI=1S/C14H10ClNO2S4/c15-10-5-7-11(8-6-10)22(17,18)20-9-16-12-3-1-2-4-13(12)21-14(16)19/h1-8H,9H2. The molecule has 114 valence electrons. The highest BCUT2D eigenvalue weighted by Gasteiger charge is 2.16. The first-order valence-corrected chi connectivity index (χ1v) is 10.8. The summed E-state index contributed by atoms with van der Waals surface area (Å²) in [5, 5.41) is 0.509. The van der Waals surface area contributed by atoms with Crippen molar-refractivity contribution in [3.05, 3.63) is 57.5 Å². The third-order valence-corrected chi connectivity index (χ3v) is 8.04. The number of hydrogen-bond donors (Lipinski definition) is 0. The first-order valence-electron chi connectivity index (χ1n) is 6.21. The van der Waals surface area contributed by atoms with Crippen LogP contribution in [0.1, 0.15) is 0 Å². The number of nitrogens with zero attached hydrogens (tertiary/aromatic N) is 1. The molecule has 0 aliphatic carbocycles. The van der Waals surface area contributed by atoms with Crippen molar-refractivity contribution in [3.63, 3.8) is 0 Å². The van der Waals surface area contributed by atoms with Crippen molar-refractivity contribution in [2.24, 2.45) is 0 Å². The van der Waals surface area contributed by atoms with Crippen molar-refractivity contribution in [1.29, 1.82) is 0 Å². The van der Waals surface area contributed by atoms with Crippen molar-refractivity contribution in [2.45, 2.75) is 10.8 Å². The molecule has 1 aromatic heterocycles. The van der Waals surface area contributed by atoms with Crippen molar-refractivity contribution >= 4 is 65.0 Å². The average molecular weight is 388 g/mol. The van der Waals surface area contributed by atoms with E-state index < -0.39 is 8.87 Å². The highest BCUT2D eigenvalue weighted by molar-refractivity contribution is 8.71. The average Bonchev–Trinajstić information content (AvgIpc) is 2.81. The fraction of sp³-hybridized carbons (Fsp3) is 0.0714. The Morgan fingerprint density at radius 2 is 1.82 bits per heavy atom. The Hall–Kier alpha value is -0.860. The maximum absolute atomic E-state index is 12.4. The van der Waals surface area contributed by atoms with E-state index in [9.17, 15) is 8.42 Å². The Balaban J connectivity index is 1.89. The van der Waals surface area contributed by atoms with Crippen LogP contribution in [0.4, 0.5) is 0 Å². The van der Waals surface area contributed by atoms with Gasteiger partial charge in [0, 0.05) is 5.02 Å². The van der Waals surface area contributed by atoms with Crippen molar-refractivity contribution in [3.8, 4) is 0 Å². The van der Waals surface area contributed by atoms with Crippen molar-refractivity contribution in [2.75, 3.05) is 0 Å². The molecule has 3 rings (SSSR count). The van der Waals surface area contributed by atoms with Gasteiger partial charge in [-0.05, 0) is 59.4 Å². The number of hydrogen-bond acceptors (Lipinski definition) is 5. The largest absolute Gasteiger partial charge is 0.312 e. The number of fused-ring (bicyclic) bond motifs is 1. The Kier molecular flexibility index (Phi) is 4.61. The van der Waals surface area contributed by atoms with Gasteiger partial charge in [-0.1, -0.05) is 23.7 Å². The molecular weight excluding hydrogens is 378 g/mol. The lowest BCUT2D eigenvalue weighted by atomic mass is 10.3. The SMILES string of the molecule is O=S(=O)(SCn1c(=S)sc2ccccc21)c1ccc(Cl)cc1. The molecule has 0 spiro atoms. The Bertz CT molecular complexity index is 974. The molecule has 0 amide bonds. The predicted octanol–water partition coefficient (Wildman–Crippen LogP) is 5.17. The monoisotopic (exact) mass is 387 g/mol. The zero-order valence-electron chi connectivity index (χ0n) is 11.1. The first-order chi connectivity index (χ1) is 10.5. The van der Waals surface area contributed by atoms with Gasteiger partial charge in [-0.25, -0.2) is 8.42 Å². The van der Waals surface area contributed by atoms with Gasteiger partial charge in [-0.15, -0.1) is 11.3 Å². The van der Waals surface area contributed by atoms with Gasteiger partial charge >= 0.3 is 0 Å². The quantitative estimate of drug-likeness (QED) is 0.457. The fourth-order valence-electron chi connectivity index (χ4n) is 1.93. The first kappa shape index (κ1) is 16.0. The summed E-state index contributed by atoms with van der Waals surface area (Å²) >= 11 is 12.6. The van der Waals surface area contributed by atoms with Gasteiger partial charge in [0.1, 0.15) is 0 Å². The summed E-state index contributed by atoms with van der Waals surface area (Å²) in [6.45, 7) is 0. The molecule has 0 radical (unpaired) electrons. The van der Waals surface area contributed by atoms with Gasteiger partial charge in [0.2, 0.25) is 8.87 Å². The molecule has 8 heteroatoms. The third kappa shape index (κ3) is 3.23.